The Hall–Kier alpha value is -3.35. The predicted octanol–water partition coefficient (Wildman–Crippen LogP) is 4.81. The highest BCUT2D eigenvalue weighted by molar-refractivity contribution is 5.92. The van der Waals surface area contributed by atoms with Gasteiger partial charge < -0.3 is 20.3 Å². The number of hydrogen-bond acceptors (Lipinski definition) is 4. The monoisotopic (exact) mass is 481 g/mol. The fraction of sp³-hybridized carbons (Fsp3) is 0.464. The molecule has 35 heavy (non-hydrogen) atoms. The number of benzene rings is 2. The van der Waals surface area contributed by atoms with Gasteiger partial charge in [-0.05, 0) is 70.2 Å². The van der Waals surface area contributed by atoms with E-state index in [2.05, 4.69) is 10.6 Å². The molecule has 0 bridgehead atoms. The smallest absolute Gasteiger partial charge is 0.408 e. The van der Waals surface area contributed by atoms with E-state index in [4.69, 9.17) is 4.74 Å². The van der Waals surface area contributed by atoms with Gasteiger partial charge in [-0.1, -0.05) is 55.5 Å². The highest BCUT2D eigenvalue weighted by Crippen LogP contribution is 2.29. The van der Waals surface area contributed by atoms with E-state index < -0.39 is 23.8 Å². The molecular weight excluding hydrogens is 442 g/mol. The number of aryl methyl sites for hydroxylation is 2. The van der Waals surface area contributed by atoms with Crippen molar-refractivity contribution in [2.75, 3.05) is 6.54 Å². The quantitative estimate of drug-likeness (QED) is 0.538. The van der Waals surface area contributed by atoms with Crippen LogP contribution >= 0.6 is 0 Å². The Morgan fingerprint density at radius 3 is 2.11 bits per heavy atom. The van der Waals surface area contributed by atoms with Crippen LogP contribution in [0.1, 0.15) is 69.3 Å². The molecule has 2 atom stereocenters. The lowest BCUT2D eigenvalue weighted by Crippen LogP contribution is -2.52. The minimum Gasteiger partial charge on any atom is -0.444 e. The van der Waals surface area contributed by atoms with E-state index in [1.807, 2.05) is 69.3 Å². The summed E-state index contributed by atoms with van der Waals surface area (Å²) in [5.41, 5.74) is 2.92. The molecule has 0 aromatic heterocycles. The predicted molar refractivity (Wildman–Crippen MR) is 138 cm³/mol. The van der Waals surface area contributed by atoms with Crippen LogP contribution in [0.25, 0.3) is 0 Å². The van der Waals surface area contributed by atoms with E-state index >= 15 is 0 Å². The zero-order chi connectivity index (χ0) is 26.2. The third kappa shape index (κ3) is 8.12. The van der Waals surface area contributed by atoms with Gasteiger partial charge in [0.05, 0.1) is 0 Å². The molecule has 0 fully saturated rings. The Bertz CT molecular complexity index is 994. The highest BCUT2D eigenvalue weighted by atomic mass is 16.6. The molecule has 0 aliphatic carbocycles. The number of ether oxygens (including phenoxy) is 1. The molecular formula is C28H39N3O4. The lowest BCUT2D eigenvalue weighted by Gasteiger charge is -2.35. The topological polar surface area (TPSA) is 87.7 Å². The molecule has 0 heterocycles. The SMILES string of the molecule is CCCN(C(=O)C(C)NC(=O)OC(C)(C)C)C(C(=O)NCc1ccccc1)c1c(C)cccc1C. The van der Waals surface area contributed by atoms with Crippen molar-refractivity contribution in [3.63, 3.8) is 0 Å². The maximum atomic E-state index is 13.7. The second-order valence-corrected chi connectivity index (χ2v) is 9.81. The van der Waals surface area contributed by atoms with Crippen molar-refractivity contribution in [2.24, 2.45) is 0 Å². The summed E-state index contributed by atoms with van der Waals surface area (Å²) in [6, 6.07) is 13.8. The number of alkyl carbamates (subject to hydrolysis) is 1. The van der Waals surface area contributed by atoms with Gasteiger partial charge >= 0.3 is 6.09 Å². The summed E-state index contributed by atoms with van der Waals surface area (Å²) < 4.78 is 5.32. The summed E-state index contributed by atoms with van der Waals surface area (Å²) >= 11 is 0. The number of rotatable bonds is 9. The van der Waals surface area contributed by atoms with Gasteiger partial charge in [-0.25, -0.2) is 4.79 Å². The zero-order valence-corrected chi connectivity index (χ0v) is 22.0. The number of nitrogens with zero attached hydrogens (tertiary/aromatic N) is 1. The summed E-state index contributed by atoms with van der Waals surface area (Å²) in [5.74, 6) is -0.613. The molecule has 7 heteroatoms. The molecule has 0 aliphatic rings. The number of carbonyl (C=O) groups excluding carboxylic acids is 3. The number of nitrogens with one attached hydrogen (secondary N) is 2. The molecule has 190 valence electrons. The second-order valence-electron chi connectivity index (χ2n) is 9.81. The minimum absolute atomic E-state index is 0.266. The molecule has 2 rings (SSSR count). The molecule has 2 aromatic rings. The molecule has 0 saturated heterocycles. The first-order valence-electron chi connectivity index (χ1n) is 12.1. The second kappa shape index (κ2) is 12.4. The van der Waals surface area contributed by atoms with Crippen LogP contribution in [0, 0.1) is 13.8 Å². The summed E-state index contributed by atoms with van der Waals surface area (Å²) in [6.45, 7) is 13.4. The van der Waals surface area contributed by atoms with Crippen LogP contribution < -0.4 is 10.6 Å². The van der Waals surface area contributed by atoms with Crippen LogP contribution in [0.5, 0.6) is 0 Å². The van der Waals surface area contributed by atoms with Crippen LogP contribution in [0.4, 0.5) is 4.79 Å². The maximum absolute atomic E-state index is 13.7. The van der Waals surface area contributed by atoms with Gasteiger partial charge in [0.25, 0.3) is 0 Å². The van der Waals surface area contributed by atoms with Crippen LogP contribution in [0.3, 0.4) is 0 Å². The first-order chi connectivity index (χ1) is 16.4. The van der Waals surface area contributed by atoms with E-state index in [1.165, 1.54) is 0 Å². The minimum atomic E-state index is -0.870. The van der Waals surface area contributed by atoms with E-state index in [1.54, 1.807) is 32.6 Å². The Labute approximate surface area is 209 Å². The van der Waals surface area contributed by atoms with Gasteiger partial charge in [-0.2, -0.15) is 0 Å². The molecule has 0 aliphatic heterocycles. The fourth-order valence-electron chi connectivity index (χ4n) is 3.97. The summed E-state index contributed by atoms with van der Waals surface area (Å²) in [5, 5.41) is 5.64. The van der Waals surface area contributed by atoms with Gasteiger partial charge in [0.2, 0.25) is 11.8 Å². The first kappa shape index (κ1) is 27.9. The third-order valence-electron chi connectivity index (χ3n) is 5.54. The Morgan fingerprint density at radius 2 is 1.57 bits per heavy atom. The van der Waals surface area contributed by atoms with Crippen LogP contribution in [0.15, 0.2) is 48.5 Å². The van der Waals surface area contributed by atoms with Crippen LogP contribution in [-0.4, -0.2) is 41.0 Å². The van der Waals surface area contributed by atoms with E-state index in [9.17, 15) is 14.4 Å². The number of hydrogen-bond donors (Lipinski definition) is 2. The fourth-order valence-corrected chi connectivity index (χ4v) is 3.97. The normalized spacial score (nSPS) is 12.9. The van der Waals surface area contributed by atoms with Crippen LogP contribution in [-0.2, 0) is 20.9 Å². The molecule has 3 amide bonds. The van der Waals surface area contributed by atoms with Crippen molar-refractivity contribution < 1.29 is 19.1 Å². The van der Waals surface area contributed by atoms with Gasteiger partial charge in [-0.15, -0.1) is 0 Å². The molecule has 7 nitrogen and oxygen atoms in total. The Morgan fingerprint density at radius 1 is 0.971 bits per heavy atom. The highest BCUT2D eigenvalue weighted by Gasteiger charge is 2.35. The Balaban J connectivity index is 2.38. The number of amides is 3. The van der Waals surface area contributed by atoms with Crippen molar-refractivity contribution in [1.29, 1.82) is 0 Å². The van der Waals surface area contributed by atoms with Crippen LogP contribution in [0.2, 0.25) is 0 Å². The average Bonchev–Trinajstić information content (AvgIpc) is 2.77. The molecule has 2 N–H and O–H groups in total. The van der Waals surface area contributed by atoms with Crippen molar-refractivity contribution in [3.8, 4) is 0 Å². The molecule has 0 radical (unpaired) electrons. The molecule has 0 saturated carbocycles. The molecule has 0 spiro atoms. The summed E-state index contributed by atoms with van der Waals surface area (Å²) in [4.78, 5) is 41.2. The lowest BCUT2D eigenvalue weighted by atomic mass is 9.93. The van der Waals surface area contributed by atoms with Gasteiger partial charge in [-0.3, -0.25) is 9.59 Å². The van der Waals surface area contributed by atoms with Gasteiger partial charge in [0, 0.05) is 13.1 Å². The zero-order valence-electron chi connectivity index (χ0n) is 22.0. The van der Waals surface area contributed by atoms with Crippen molar-refractivity contribution >= 4 is 17.9 Å². The standard InChI is InChI=1S/C28H39N3O4/c1-8-17-31(26(33)21(4)30-27(34)35-28(5,6)7)24(23-19(2)13-12-14-20(23)3)25(32)29-18-22-15-10-9-11-16-22/h9-16,21,24H,8,17-18H2,1-7H3,(H,29,32)(H,30,34). The largest absolute Gasteiger partial charge is 0.444 e. The maximum Gasteiger partial charge on any atom is 0.408 e. The summed E-state index contributed by atoms with van der Waals surface area (Å²) in [7, 11) is 0. The molecule has 2 aromatic carbocycles. The van der Waals surface area contributed by atoms with Gasteiger partial charge in [0.15, 0.2) is 0 Å². The number of carbonyl (C=O) groups is 3. The summed E-state index contributed by atoms with van der Waals surface area (Å²) in [6.07, 6.45) is -0.0230. The molecule has 2 unspecified atom stereocenters. The van der Waals surface area contributed by atoms with Crippen molar-refractivity contribution in [2.45, 2.75) is 79.1 Å². The first-order valence-corrected chi connectivity index (χ1v) is 12.1. The van der Waals surface area contributed by atoms with Gasteiger partial charge in [0.1, 0.15) is 17.7 Å². The van der Waals surface area contributed by atoms with E-state index in [-0.39, 0.29) is 11.8 Å². The Kier molecular flexibility index (Phi) is 9.87. The van der Waals surface area contributed by atoms with E-state index in [0.29, 0.717) is 19.5 Å². The van der Waals surface area contributed by atoms with Crippen molar-refractivity contribution in [1.82, 2.24) is 15.5 Å². The lowest BCUT2D eigenvalue weighted by molar-refractivity contribution is -0.142. The average molecular weight is 482 g/mol. The van der Waals surface area contributed by atoms with Crippen molar-refractivity contribution in [3.05, 3.63) is 70.8 Å². The van der Waals surface area contributed by atoms with E-state index in [0.717, 1.165) is 22.3 Å². The third-order valence-corrected chi connectivity index (χ3v) is 5.54.